The number of ether oxygens (including phenoxy) is 1. The summed E-state index contributed by atoms with van der Waals surface area (Å²) in [5.41, 5.74) is 0. The van der Waals surface area contributed by atoms with Gasteiger partial charge in [0.05, 0.1) is 19.3 Å². The highest BCUT2D eigenvalue weighted by Gasteiger charge is 1.94. The summed E-state index contributed by atoms with van der Waals surface area (Å²) in [6, 6.07) is 1.75. The van der Waals surface area contributed by atoms with Crippen molar-refractivity contribution in [3.8, 4) is 6.07 Å². The lowest BCUT2D eigenvalue weighted by atomic mass is 10.4. The minimum absolute atomic E-state index is 0. The van der Waals surface area contributed by atoms with E-state index in [2.05, 4.69) is 0 Å². The zero-order valence-corrected chi connectivity index (χ0v) is 7.99. The lowest BCUT2D eigenvalue weighted by Crippen LogP contribution is -1.85. The molecule has 0 radical (unpaired) electrons. The Labute approximate surface area is 78.9 Å². The van der Waals surface area contributed by atoms with Crippen molar-refractivity contribution in [2.24, 2.45) is 0 Å². The van der Waals surface area contributed by atoms with Crippen LogP contribution in [0.25, 0.3) is 0 Å². The van der Waals surface area contributed by atoms with E-state index < -0.39 is 0 Å². The molecular weight excluding hydrogens is 174 g/mol. The Hall–Kier alpha value is -0.670. The summed E-state index contributed by atoms with van der Waals surface area (Å²) >= 11 is 0. The van der Waals surface area contributed by atoms with Crippen LogP contribution in [0.15, 0.2) is 0 Å². The lowest BCUT2D eigenvalue weighted by molar-refractivity contribution is 0.186. The smallest absolute Gasteiger partial charge is 0.0662 e. The van der Waals surface area contributed by atoms with Gasteiger partial charge < -0.3 is 20.4 Å². The molecule has 1 saturated heterocycles. The summed E-state index contributed by atoms with van der Waals surface area (Å²) < 4.78 is 4.94. The van der Waals surface area contributed by atoms with E-state index in [1.54, 1.807) is 6.07 Å². The van der Waals surface area contributed by atoms with Crippen molar-refractivity contribution in [2.75, 3.05) is 26.4 Å². The molecule has 80 valence electrons. The third-order valence-electron chi connectivity index (χ3n) is 0.927. The zero-order valence-electron chi connectivity index (χ0n) is 7.99. The average Bonchev–Trinajstić information content (AvgIpc) is 2.62. The van der Waals surface area contributed by atoms with Crippen LogP contribution in [-0.4, -0.2) is 42.1 Å². The van der Waals surface area contributed by atoms with E-state index in [1.807, 2.05) is 0 Å². The third-order valence-corrected chi connectivity index (χ3v) is 0.927. The molecule has 0 unspecified atom stereocenters. The Balaban J connectivity index is -0.000000116. The van der Waals surface area contributed by atoms with E-state index in [9.17, 15) is 0 Å². The third kappa shape index (κ3) is 34.7. The van der Waals surface area contributed by atoms with E-state index in [4.69, 9.17) is 20.2 Å². The maximum atomic E-state index is 7.62. The molecule has 5 nitrogen and oxygen atoms in total. The number of nitriles is 1. The van der Waals surface area contributed by atoms with Crippen LogP contribution in [0, 0.1) is 11.3 Å². The van der Waals surface area contributed by atoms with Crippen LogP contribution in [-0.2, 0) is 4.74 Å². The first-order chi connectivity index (χ1) is 5.83. The molecule has 0 saturated carbocycles. The summed E-state index contributed by atoms with van der Waals surface area (Å²) in [6.45, 7) is 3.18. The highest BCUT2D eigenvalue weighted by atomic mass is 16.5. The normalized spacial score (nSPS) is 12.2. The van der Waals surface area contributed by atoms with Gasteiger partial charge in [-0.2, -0.15) is 5.26 Å². The number of rotatable bonds is 1. The van der Waals surface area contributed by atoms with Gasteiger partial charge in [-0.3, -0.25) is 0 Å². The van der Waals surface area contributed by atoms with Gasteiger partial charge in [-0.05, 0) is 12.8 Å². The molecule has 4 N–H and O–H groups in total. The van der Waals surface area contributed by atoms with Crippen LogP contribution in [0.5, 0.6) is 0 Å². The maximum Gasteiger partial charge on any atom is 0.0662 e. The number of aliphatic hydroxyl groups is 2. The molecule has 0 bridgehead atoms. The van der Waals surface area contributed by atoms with Crippen LogP contribution < -0.4 is 0 Å². The molecule has 1 heterocycles. The zero-order chi connectivity index (χ0) is 9.66. The van der Waals surface area contributed by atoms with Crippen LogP contribution >= 0.6 is 0 Å². The van der Waals surface area contributed by atoms with Crippen molar-refractivity contribution >= 4 is 0 Å². The minimum Gasteiger partial charge on any atom is -0.412 e. The van der Waals surface area contributed by atoms with Gasteiger partial charge in [-0.25, -0.2) is 0 Å². The van der Waals surface area contributed by atoms with E-state index in [0.717, 1.165) is 13.2 Å². The van der Waals surface area contributed by atoms with E-state index >= 15 is 0 Å². The first-order valence-corrected chi connectivity index (χ1v) is 3.93. The van der Waals surface area contributed by atoms with Crippen LogP contribution in [0.1, 0.15) is 19.8 Å². The van der Waals surface area contributed by atoms with E-state index in [0.29, 0.717) is 0 Å². The summed E-state index contributed by atoms with van der Waals surface area (Å²) in [6.07, 6.45) is 2.56. The average molecular weight is 193 g/mol. The predicted octanol–water partition coefficient (Wildman–Crippen LogP) is -0.527. The van der Waals surface area contributed by atoms with Gasteiger partial charge in [0.15, 0.2) is 0 Å². The fraction of sp³-hybridized carbons (Fsp3) is 0.875. The monoisotopic (exact) mass is 193 g/mol. The van der Waals surface area contributed by atoms with Crippen molar-refractivity contribution in [3.05, 3.63) is 0 Å². The Morgan fingerprint density at radius 1 is 1.23 bits per heavy atom. The Morgan fingerprint density at radius 2 is 1.54 bits per heavy atom. The molecule has 1 aliphatic heterocycles. The maximum absolute atomic E-state index is 7.62. The Morgan fingerprint density at radius 3 is 1.62 bits per heavy atom. The molecule has 0 aromatic rings. The largest absolute Gasteiger partial charge is 0.412 e. The molecular formula is C8H19NO4. The van der Waals surface area contributed by atoms with Gasteiger partial charge in [0.1, 0.15) is 0 Å². The SMILES string of the molecule is C1CCOC1.CC#N.O.OCCO. The molecule has 1 rings (SSSR count). The van der Waals surface area contributed by atoms with Crippen molar-refractivity contribution in [1.29, 1.82) is 5.26 Å². The van der Waals surface area contributed by atoms with Gasteiger partial charge in [-0.1, -0.05) is 0 Å². The van der Waals surface area contributed by atoms with Gasteiger partial charge in [0.2, 0.25) is 0 Å². The van der Waals surface area contributed by atoms with Crippen LogP contribution in [0.3, 0.4) is 0 Å². The number of hydrogen-bond acceptors (Lipinski definition) is 4. The summed E-state index contributed by atoms with van der Waals surface area (Å²) in [5, 5.41) is 22.6. The molecule has 1 fully saturated rings. The molecule has 0 amide bonds. The number of nitrogens with zero attached hydrogens (tertiary/aromatic N) is 1. The topological polar surface area (TPSA) is 105 Å². The molecule has 1 aliphatic rings. The summed E-state index contributed by atoms with van der Waals surface area (Å²) in [5.74, 6) is 0. The summed E-state index contributed by atoms with van der Waals surface area (Å²) in [4.78, 5) is 0. The first kappa shape index (κ1) is 18.2. The Kier molecular flexibility index (Phi) is 31.5. The Bertz CT molecular complexity index is 89.2. The second-order valence-corrected chi connectivity index (χ2v) is 1.99. The molecule has 5 heteroatoms. The highest BCUT2D eigenvalue weighted by Crippen LogP contribution is 1.98. The van der Waals surface area contributed by atoms with Gasteiger partial charge in [0.25, 0.3) is 0 Å². The van der Waals surface area contributed by atoms with Crippen molar-refractivity contribution in [2.45, 2.75) is 19.8 Å². The van der Waals surface area contributed by atoms with Crippen molar-refractivity contribution in [1.82, 2.24) is 0 Å². The molecule has 0 aromatic heterocycles. The fourth-order valence-electron chi connectivity index (χ4n) is 0.510. The fourth-order valence-corrected chi connectivity index (χ4v) is 0.510. The molecule has 0 spiro atoms. The lowest BCUT2D eigenvalue weighted by Gasteiger charge is -1.76. The molecule has 13 heavy (non-hydrogen) atoms. The quantitative estimate of drug-likeness (QED) is 0.584. The summed E-state index contributed by atoms with van der Waals surface area (Å²) in [7, 11) is 0. The van der Waals surface area contributed by atoms with Crippen molar-refractivity contribution in [3.63, 3.8) is 0 Å². The molecule has 0 aromatic carbocycles. The first-order valence-electron chi connectivity index (χ1n) is 3.93. The highest BCUT2D eigenvalue weighted by molar-refractivity contribution is 4.51. The number of aliphatic hydroxyl groups excluding tert-OH is 2. The second-order valence-electron chi connectivity index (χ2n) is 1.99. The van der Waals surface area contributed by atoms with E-state index in [-0.39, 0.29) is 18.7 Å². The number of hydrogen-bond donors (Lipinski definition) is 2. The predicted molar refractivity (Wildman–Crippen MR) is 49.1 cm³/mol. The van der Waals surface area contributed by atoms with Gasteiger partial charge >= 0.3 is 0 Å². The van der Waals surface area contributed by atoms with Gasteiger partial charge in [0, 0.05) is 20.1 Å². The molecule has 0 aliphatic carbocycles. The van der Waals surface area contributed by atoms with Gasteiger partial charge in [-0.15, -0.1) is 0 Å². The van der Waals surface area contributed by atoms with Crippen LogP contribution in [0.2, 0.25) is 0 Å². The minimum atomic E-state index is -0.125. The second kappa shape index (κ2) is 22.5. The van der Waals surface area contributed by atoms with Crippen LogP contribution in [0.4, 0.5) is 0 Å². The molecule has 0 atom stereocenters. The van der Waals surface area contributed by atoms with E-state index in [1.165, 1.54) is 19.8 Å². The van der Waals surface area contributed by atoms with Crippen molar-refractivity contribution < 1.29 is 20.4 Å². The standard InChI is InChI=1S/C4H8O.C2H3N.C2H6O2.H2O/c1-2-4-5-3-1;1-2-3;3-1-2-4;/h1-4H2;1H3;3-4H,1-2H2;1H2.